The third-order valence-electron chi connectivity index (χ3n) is 3.41. The number of para-hydroxylation sites is 1. The van der Waals surface area contributed by atoms with Crippen LogP contribution >= 0.6 is 11.8 Å². The Kier molecular flexibility index (Phi) is 3.89. The lowest BCUT2D eigenvalue weighted by Gasteiger charge is -2.12. The van der Waals surface area contributed by atoms with Crippen molar-refractivity contribution in [2.45, 2.75) is 24.0 Å². The maximum atomic E-state index is 7.73. The Hall–Kier alpha value is -1.59. The van der Waals surface area contributed by atoms with Crippen molar-refractivity contribution in [1.29, 1.82) is 5.41 Å². The van der Waals surface area contributed by atoms with Gasteiger partial charge in [-0.15, -0.1) is 11.8 Å². The Morgan fingerprint density at radius 3 is 3.05 bits per heavy atom. The summed E-state index contributed by atoms with van der Waals surface area (Å²) >= 11 is 1.63. The van der Waals surface area contributed by atoms with Gasteiger partial charge in [-0.2, -0.15) is 0 Å². The number of nitrogens with two attached hydrogens (primary N) is 1. The zero-order chi connectivity index (χ0) is 13.9. The van der Waals surface area contributed by atoms with Crippen LogP contribution in [0, 0.1) is 5.41 Å². The number of nitrogen functional groups attached to an aromatic ring is 1. The molecule has 3 N–H and O–H groups in total. The number of nitrogens with one attached hydrogen (secondary N) is 1. The van der Waals surface area contributed by atoms with Gasteiger partial charge in [0, 0.05) is 23.3 Å². The van der Waals surface area contributed by atoms with Crippen LogP contribution in [0.3, 0.4) is 0 Å². The van der Waals surface area contributed by atoms with E-state index >= 15 is 0 Å². The van der Waals surface area contributed by atoms with E-state index in [1.165, 1.54) is 0 Å². The number of pyridine rings is 1. The number of hydrogen-bond donors (Lipinski definition) is 2. The normalized spacial score (nSPS) is 18.5. The van der Waals surface area contributed by atoms with Crippen LogP contribution in [0.4, 0.5) is 0 Å². The molecule has 4 nitrogen and oxygen atoms in total. The van der Waals surface area contributed by atoms with Crippen LogP contribution in [0.25, 0.3) is 10.9 Å². The SMILES string of the molecule is N=C(N)c1cc2ccccc2nc1SCC1CCCO1. The first-order chi connectivity index (χ1) is 9.74. The van der Waals surface area contributed by atoms with Crippen molar-refractivity contribution in [2.75, 3.05) is 12.4 Å². The molecule has 2 aromatic rings. The maximum absolute atomic E-state index is 7.73. The Morgan fingerprint density at radius 1 is 1.45 bits per heavy atom. The molecule has 2 heterocycles. The summed E-state index contributed by atoms with van der Waals surface area (Å²) in [5.41, 5.74) is 7.34. The van der Waals surface area contributed by atoms with Gasteiger partial charge in [0.2, 0.25) is 0 Å². The molecule has 0 radical (unpaired) electrons. The molecule has 20 heavy (non-hydrogen) atoms. The second kappa shape index (κ2) is 5.81. The lowest BCUT2D eigenvalue weighted by Crippen LogP contribution is -2.14. The third-order valence-corrected chi connectivity index (χ3v) is 4.53. The zero-order valence-corrected chi connectivity index (χ0v) is 12.0. The number of fused-ring (bicyclic) bond motifs is 1. The van der Waals surface area contributed by atoms with Crippen molar-refractivity contribution in [3.8, 4) is 0 Å². The molecule has 1 fully saturated rings. The molecule has 1 aromatic carbocycles. The van der Waals surface area contributed by atoms with Crippen molar-refractivity contribution in [1.82, 2.24) is 4.98 Å². The van der Waals surface area contributed by atoms with E-state index in [4.69, 9.17) is 15.9 Å². The molecule has 0 bridgehead atoms. The quantitative estimate of drug-likeness (QED) is 0.515. The average molecular weight is 287 g/mol. The van der Waals surface area contributed by atoms with Gasteiger partial charge in [-0.05, 0) is 25.0 Å². The van der Waals surface area contributed by atoms with E-state index in [0.29, 0.717) is 11.7 Å². The highest BCUT2D eigenvalue weighted by molar-refractivity contribution is 7.99. The van der Waals surface area contributed by atoms with Gasteiger partial charge in [-0.3, -0.25) is 5.41 Å². The Morgan fingerprint density at radius 2 is 2.30 bits per heavy atom. The van der Waals surface area contributed by atoms with E-state index in [-0.39, 0.29) is 5.84 Å². The summed E-state index contributed by atoms with van der Waals surface area (Å²) in [5, 5.41) is 9.57. The third kappa shape index (κ3) is 2.78. The zero-order valence-electron chi connectivity index (χ0n) is 11.1. The van der Waals surface area contributed by atoms with Crippen molar-refractivity contribution in [2.24, 2.45) is 5.73 Å². The van der Waals surface area contributed by atoms with E-state index in [1.54, 1.807) is 11.8 Å². The van der Waals surface area contributed by atoms with Crippen LogP contribution in [0.5, 0.6) is 0 Å². The number of thioether (sulfide) groups is 1. The van der Waals surface area contributed by atoms with Gasteiger partial charge in [-0.25, -0.2) is 4.98 Å². The molecular formula is C15H17N3OS. The average Bonchev–Trinajstić information content (AvgIpc) is 2.97. The molecule has 0 saturated carbocycles. The van der Waals surface area contributed by atoms with Crippen LogP contribution in [-0.2, 0) is 4.74 Å². The first kappa shape index (κ1) is 13.4. The molecule has 3 rings (SSSR count). The van der Waals surface area contributed by atoms with E-state index in [2.05, 4.69) is 4.98 Å². The molecule has 1 aliphatic rings. The smallest absolute Gasteiger partial charge is 0.125 e. The van der Waals surface area contributed by atoms with Crippen LogP contribution in [0.2, 0.25) is 0 Å². The first-order valence-electron chi connectivity index (χ1n) is 6.72. The number of benzene rings is 1. The minimum absolute atomic E-state index is 0.0677. The molecule has 1 aliphatic heterocycles. The summed E-state index contributed by atoms with van der Waals surface area (Å²) < 4.78 is 5.63. The minimum atomic E-state index is 0.0677. The summed E-state index contributed by atoms with van der Waals surface area (Å²) in [6.07, 6.45) is 2.54. The second-order valence-electron chi connectivity index (χ2n) is 4.89. The predicted molar refractivity (Wildman–Crippen MR) is 82.5 cm³/mol. The summed E-state index contributed by atoms with van der Waals surface area (Å²) in [4.78, 5) is 4.64. The topological polar surface area (TPSA) is 72.0 Å². The molecule has 0 amide bonds. The molecule has 1 atom stereocenters. The highest BCUT2D eigenvalue weighted by atomic mass is 32.2. The van der Waals surface area contributed by atoms with Crippen LogP contribution in [0.15, 0.2) is 35.4 Å². The minimum Gasteiger partial charge on any atom is -0.384 e. The highest BCUT2D eigenvalue weighted by Crippen LogP contribution is 2.27. The predicted octanol–water partition coefficient (Wildman–Crippen LogP) is 2.79. The van der Waals surface area contributed by atoms with Gasteiger partial charge in [0.1, 0.15) is 10.9 Å². The van der Waals surface area contributed by atoms with Gasteiger partial charge in [0.05, 0.1) is 11.6 Å². The van der Waals surface area contributed by atoms with Crippen molar-refractivity contribution < 1.29 is 4.74 Å². The van der Waals surface area contributed by atoms with Gasteiger partial charge >= 0.3 is 0 Å². The number of nitrogens with zero attached hydrogens (tertiary/aromatic N) is 1. The molecular weight excluding hydrogens is 270 g/mol. The van der Waals surface area contributed by atoms with Crippen LogP contribution in [-0.4, -0.2) is 29.3 Å². The van der Waals surface area contributed by atoms with Crippen molar-refractivity contribution in [3.05, 3.63) is 35.9 Å². The number of aromatic nitrogens is 1. The number of hydrogen-bond acceptors (Lipinski definition) is 4. The summed E-state index contributed by atoms with van der Waals surface area (Å²) in [5.74, 6) is 0.934. The largest absolute Gasteiger partial charge is 0.384 e. The maximum Gasteiger partial charge on any atom is 0.125 e. The Labute approximate surface area is 122 Å². The number of amidine groups is 1. The van der Waals surface area contributed by atoms with E-state index in [1.807, 2.05) is 30.3 Å². The summed E-state index contributed by atoms with van der Waals surface area (Å²) in [6.45, 7) is 0.857. The molecule has 1 aromatic heterocycles. The lowest BCUT2D eigenvalue weighted by molar-refractivity contribution is 0.129. The number of rotatable bonds is 4. The fourth-order valence-electron chi connectivity index (χ4n) is 2.35. The van der Waals surface area contributed by atoms with Crippen molar-refractivity contribution in [3.63, 3.8) is 0 Å². The summed E-state index contributed by atoms with van der Waals surface area (Å²) in [7, 11) is 0. The van der Waals surface area contributed by atoms with E-state index in [9.17, 15) is 0 Å². The molecule has 5 heteroatoms. The molecule has 1 unspecified atom stereocenters. The molecule has 1 saturated heterocycles. The van der Waals surface area contributed by atoms with Crippen LogP contribution in [0.1, 0.15) is 18.4 Å². The fourth-order valence-corrected chi connectivity index (χ4v) is 3.44. The molecule has 0 spiro atoms. The molecule has 0 aliphatic carbocycles. The lowest BCUT2D eigenvalue weighted by atomic mass is 10.1. The number of ether oxygens (including phenoxy) is 1. The van der Waals surface area contributed by atoms with Crippen molar-refractivity contribution >= 4 is 28.5 Å². The highest BCUT2D eigenvalue weighted by Gasteiger charge is 2.18. The van der Waals surface area contributed by atoms with Crippen LogP contribution < -0.4 is 5.73 Å². The van der Waals surface area contributed by atoms with Gasteiger partial charge < -0.3 is 10.5 Å². The van der Waals surface area contributed by atoms with Gasteiger partial charge in [0.15, 0.2) is 0 Å². The van der Waals surface area contributed by atoms with E-state index < -0.39 is 0 Å². The Balaban J connectivity index is 1.90. The molecule has 104 valence electrons. The Bertz CT molecular complexity index is 638. The van der Waals surface area contributed by atoms with E-state index in [0.717, 1.165) is 41.1 Å². The first-order valence-corrected chi connectivity index (χ1v) is 7.71. The summed E-state index contributed by atoms with van der Waals surface area (Å²) in [6, 6.07) is 9.85. The van der Waals surface area contributed by atoms with Gasteiger partial charge in [0.25, 0.3) is 0 Å². The fraction of sp³-hybridized carbons (Fsp3) is 0.333. The second-order valence-corrected chi connectivity index (χ2v) is 5.90. The standard InChI is InChI=1S/C15H17N3OS/c16-14(17)12-8-10-4-1-2-6-13(10)18-15(12)20-9-11-5-3-7-19-11/h1-2,4,6,8,11H,3,5,7,9H2,(H3,16,17). The van der Waals surface area contributed by atoms with Gasteiger partial charge in [-0.1, -0.05) is 18.2 Å². The monoisotopic (exact) mass is 287 g/mol.